The SMILES string of the molecule is BrCCCCCCOCc1ccccc1.FC(F)(F)CCOCCCCCCOCc1ccccc1.OCCC(F)(F)F.OCCC(F)(F)F.OCCCCCCOCCC(F)(F)F.OCCCCCCOCc1ccccc1. The predicted octanol–water partition coefficient (Wildman–Crippen LogP) is 16.0. The van der Waals surface area contributed by atoms with Crippen LogP contribution in [0.5, 0.6) is 0 Å². The first-order valence-electron chi connectivity index (χ1n) is 26.9. The van der Waals surface area contributed by atoms with Gasteiger partial charge < -0.3 is 44.1 Å². The van der Waals surface area contributed by atoms with Crippen molar-refractivity contribution in [2.75, 3.05) is 78.0 Å². The van der Waals surface area contributed by atoms with Crippen molar-refractivity contribution < 1.29 is 96.8 Å². The third-order valence-corrected chi connectivity index (χ3v) is 10.6. The second-order valence-corrected chi connectivity index (χ2v) is 18.3. The molecule has 0 bridgehead atoms. The third-order valence-electron chi connectivity index (χ3n) is 10.1. The van der Waals surface area contributed by atoms with Gasteiger partial charge in [-0.3, -0.25) is 0 Å². The standard InChI is InChI=1S/C16H23F3O2.C13H19BrO.C13H20O2.C9H17F3O2.2C3H5F3O/c17-16(18,19)10-13-20-11-6-1-2-7-12-21-14-15-8-4-3-5-9-15;2*14-10-6-1-2-7-11-15-12-13-8-4-3-5-9-13;10-9(11,12)5-8-14-7-4-2-1-3-6-13;2*4-3(5,6)1-2-7/h3-5,8-9H,1-2,6-7,10-14H2;3-5,8-9H,1-2,6-7,10-12H2;3-5,8-9,14H,1-2,6-7,10-12H2;13H,1-8H2;2*7H,1-2H2. The van der Waals surface area contributed by atoms with Crippen molar-refractivity contribution in [1.29, 1.82) is 0 Å². The molecule has 0 atom stereocenters. The fourth-order valence-electron chi connectivity index (χ4n) is 5.88. The van der Waals surface area contributed by atoms with Gasteiger partial charge in [0.15, 0.2) is 0 Å². The Labute approximate surface area is 469 Å². The van der Waals surface area contributed by atoms with Crippen LogP contribution in [0.25, 0.3) is 0 Å². The maximum absolute atomic E-state index is 11.8. The minimum atomic E-state index is -4.20. The van der Waals surface area contributed by atoms with E-state index in [0.717, 1.165) is 108 Å². The van der Waals surface area contributed by atoms with E-state index in [4.69, 9.17) is 44.1 Å². The summed E-state index contributed by atoms with van der Waals surface area (Å²) in [5.74, 6) is 0. The Morgan fingerprint density at radius 1 is 0.278 bits per heavy atom. The van der Waals surface area contributed by atoms with E-state index in [1.165, 1.54) is 36.8 Å². The smallest absolute Gasteiger partial charge is 0.391 e. The van der Waals surface area contributed by atoms with Crippen molar-refractivity contribution >= 4 is 15.9 Å². The van der Waals surface area contributed by atoms with Gasteiger partial charge in [0.05, 0.1) is 71.9 Å². The summed E-state index contributed by atoms with van der Waals surface area (Å²) in [4.78, 5) is 0. The molecule has 0 amide bonds. The second-order valence-electron chi connectivity index (χ2n) is 17.5. The first-order valence-corrected chi connectivity index (χ1v) is 28.0. The van der Waals surface area contributed by atoms with Crippen LogP contribution in [0.4, 0.5) is 52.7 Å². The molecule has 3 rings (SSSR count). The van der Waals surface area contributed by atoms with Crippen molar-refractivity contribution in [3.63, 3.8) is 0 Å². The number of aliphatic hydroxyl groups excluding tert-OH is 4. The molecule has 0 aliphatic heterocycles. The van der Waals surface area contributed by atoms with Gasteiger partial charge in [-0.1, -0.05) is 158 Å². The zero-order valence-electron chi connectivity index (χ0n) is 45.7. The number of aliphatic hydroxyl groups is 4. The zero-order chi connectivity index (χ0) is 59.6. The molecule has 0 aromatic heterocycles. The summed E-state index contributed by atoms with van der Waals surface area (Å²) < 4.78 is 162. The van der Waals surface area contributed by atoms with E-state index in [1.54, 1.807) is 0 Å². The van der Waals surface area contributed by atoms with Gasteiger partial charge >= 0.3 is 24.7 Å². The van der Waals surface area contributed by atoms with E-state index in [1.807, 2.05) is 54.6 Å². The van der Waals surface area contributed by atoms with Crippen LogP contribution in [0, 0.1) is 0 Å². The lowest BCUT2D eigenvalue weighted by Gasteiger charge is -2.07. The van der Waals surface area contributed by atoms with Crippen molar-refractivity contribution in [2.45, 2.75) is 173 Å². The highest BCUT2D eigenvalue weighted by Gasteiger charge is 2.27. The van der Waals surface area contributed by atoms with Gasteiger partial charge in [0.1, 0.15) is 0 Å². The summed E-state index contributed by atoms with van der Waals surface area (Å²) in [6.45, 7) is 3.66. The van der Waals surface area contributed by atoms with Crippen LogP contribution in [0.1, 0.15) is 145 Å². The number of benzene rings is 3. The Bertz CT molecular complexity index is 1560. The summed E-state index contributed by atoms with van der Waals surface area (Å²) in [5.41, 5.74) is 3.65. The van der Waals surface area contributed by atoms with Crippen LogP contribution in [0.3, 0.4) is 0 Å². The number of hydrogen-bond acceptors (Lipinski definition) is 9. The molecular formula is C57H89BrF12O9. The lowest BCUT2D eigenvalue weighted by Crippen LogP contribution is -2.11. The average molecular weight is 1230 g/mol. The summed E-state index contributed by atoms with van der Waals surface area (Å²) >= 11 is 3.43. The van der Waals surface area contributed by atoms with Crippen LogP contribution >= 0.6 is 15.9 Å². The lowest BCUT2D eigenvalue weighted by molar-refractivity contribution is -0.146. The molecule has 3 aromatic rings. The number of rotatable bonds is 37. The van der Waals surface area contributed by atoms with E-state index < -0.39 is 63.6 Å². The Balaban J connectivity index is -0.000000910. The van der Waals surface area contributed by atoms with Crippen LogP contribution in [-0.2, 0) is 43.5 Å². The van der Waals surface area contributed by atoms with Crippen molar-refractivity contribution in [3.05, 3.63) is 108 Å². The average Bonchev–Trinajstić information content (AvgIpc) is 3.39. The first kappa shape index (κ1) is 80.2. The minimum absolute atomic E-state index is 0.176. The summed E-state index contributed by atoms with van der Waals surface area (Å²) in [7, 11) is 0. The van der Waals surface area contributed by atoms with Gasteiger partial charge in [0.25, 0.3) is 0 Å². The summed E-state index contributed by atoms with van der Waals surface area (Å²) in [5, 5.41) is 33.5. The maximum atomic E-state index is 11.8. The van der Waals surface area contributed by atoms with E-state index in [2.05, 4.69) is 52.3 Å². The predicted molar refractivity (Wildman–Crippen MR) is 289 cm³/mol. The molecule has 22 heteroatoms. The Hall–Kier alpha value is -3.06. The molecule has 4 N–H and O–H groups in total. The van der Waals surface area contributed by atoms with Gasteiger partial charge in [0, 0.05) is 51.6 Å². The highest BCUT2D eigenvalue weighted by Crippen LogP contribution is 2.21. The van der Waals surface area contributed by atoms with E-state index in [-0.39, 0.29) is 19.8 Å². The summed E-state index contributed by atoms with van der Waals surface area (Å²) in [6, 6.07) is 30.5. The van der Waals surface area contributed by atoms with E-state index >= 15 is 0 Å². The Morgan fingerprint density at radius 2 is 0.519 bits per heavy atom. The molecule has 0 spiro atoms. The van der Waals surface area contributed by atoms with Crippen LogP contribution in [-0.4, -0.2) is 123 Å². The van der Waals surface area contributed by atoms with Crippen LogP contribution in [0.2, 0.25) is 0 Å². The molecule has 0 saturated carbocycles. The Morgan fingerprint density at radius 3 is 0.734 bits per heavy atom. The highest BCUT2D eigenvalue weighted by atomic mass is 79.9. The quantitative estimate of drug-likeness (QED) is 0.0254. The monoisotopic (exact) mass is 1220 g/mol. The molecule has 0 heterocycles. The van der Waals surface area contributed by atoms with Crippen LogP contribution in [0.15, 0.2) is 91.0 Å². The topological polar surface area (TPSA) is 127 Å². The normalized spacial score (nSPS) is 11.4. The summed E-state index contributed by atoms with van der Waals surface area (Å²) in [6.07, 6.45) is -4.22. The number of hydrogen-bond donors (Lipinski definition) is 4. The molecule has 79 heavy (non-hydrogen) atoms. The molecule has 0 radical (unpaired) electrons. The van der Waals surface area contributed by atoms with Crippen molar-refractivity contribution in [1.82, 2.24) is 0 Å². The van der Waals surface area contributed by atoms with Crippen molar-refractivity contribution in [2.24, 2.45) is 0 Å². The van der Waals surface area contributed by atoms with Gasteiger partial charge in [-0.15, -0.1) is 0 Å². The molecular weight excluding hydrogens is 1140 g/mol. The number of ether oxygens (including phenoxy) is 5. The molecule has 0 unspecified atom stereocenters. The largest absolute Gasteiger partial charge is 0.396 e. The second kappa shape index (κ2) is 56.8. The van der Waals surface area contributed by atoms with Gasteiger partial charge in [-0.2, -0.15) is 52.7 Å². The number of halogens is 13. The molecule has 0 aliphatic carbocycles. The third kappa shape index (κ3) is 74.9. The highest BCUT2D eigenvalue weighted by molar-refractivity contribution is 9.09. The maximum Gasteiger partial charge on any atom is 0.391 e. The molecule has 9 nitrogen and oxygen atoms in total. The Kier molecular flexibility index (Phi) is 57.6. The minimum Gasteiger partial charge on any atom is -0.396 e. The molecule has 3 aromatic carbocycles. The molecule has 0 fully saturated rings. The van der Waals surface area contributed by atoms with E-state index in [9.17, 15) is 52.7 Å². The zero-order valence-corrected chi connectivity index (χ0v) is 47.2. The number of alkyl halides is 13. The van der Waals surface area contributed by atoms with Crippen LogP contribution < -0.4 is 0 Å². The molecule has 0 aliphatic rings. The van der Waals surface area contributed by atoms with Gasteiger partial charge in [0.2, 0.25) is 0 Å². The fraction of sp³-hybridized carbons (Fsp3) is 0.684. The number of unbranched alkanes of at least 4 members (excludes halogenated alkanes) is 12. The molecule has 462 valence electrons. The van der Waals surface area contributed by atoms with Crippen molar-refractivity contribution in [3.8, 4) is 0 Å². The first-order chi connectivity index (χ1) is 37.6. The fourth-order valence-corrected chi connectivity index (χ4v) is 6.28. The van der Waals surface area contributed by atoms with E-state index in [0.29, 0.717) is 39.6 Å². The molecule has 0 saturated heterocycles. The lowest BCUT2D eigenvalue weighted by atomic mass is 10.2. The van der Waals surface area contributed by atoms with Gasteiger partial charge in [-0.05, 0) is 68.1 Å². The van der Waals surface area contributed by atoms with Gasteiger partial charge in [-0.25, -0.2) is 0 Å².